The summed E-state index contributed by atoms with van der Waals surface area (Å²) in [5.74, 6) is 0.531. The maximum atomic E-state index is 14.2. The molecule has 2 aromatic carbocycles. The Balaban J connectivity index is 1.43. The molecule has 37 heavy (non-hydrogen) atoms. The Morgan fingerprint density at radius 3 is 2.46 bits per heavy atom. The van der Waals surface area contributed by atoms with Gasteiger partial charge in [0.15, 0.2) is 0 Å². The lowest BCUT2D eigenvalue weighted by atomic mass is 9.72. The predicted octanol–water partition coefficient (Wildman–Crippen LogP) is 7.44. The van der Waals surface area contributed by atoms with Gasteiger partial charge in [0.25, 0.3) is 0 Å². The molecule has 2 atom stereocenters. The number of aryl methyl sites for hydroxylation is 1. The van der Waals surface area contributed by atoms with Gasteiger partial charge < -0.3 is 20.7 Å². The fourth-order valence-electron chi connectivity index (χ4n) is 6.62. The number of nitrogens with one attached hydrogen (secondary N) is 3. The number of halogens is 2. The van der Waals surface area contributed by atoms with E-state index in [9.17, 15) is 9.18 Å². The van der Waals surface area contributed by atoms with Crippen LogP contribution in [0, 0.1) is 24.6 Å². The second-order valence-corrected chi connectivity index (χ2v) is 11.6. The third-order valence-corrected chi connectivity index (χ3v) is 8.71. The fraction of sp³-hybridized carbons (Fsp3) is 0.567. The largest absolute Gasteiger partial charge is 0.493 e. The number of fused-ring (bicyclic) bond motifs is 1. The van der Waals surface area contributed by atoms with E-state index < -0.39 is 5.66 Å². The van der Waals surface area contributed by atoms with Crippen LogP contribution in [-0.2, 0) is 4.79 Å². The highest BCUT2D eigenvalue weighted by molar-refractivity contribution is 6.30. The van der Waals surface area contributed by atoms with E-state index >= 15 is 0 Å². The minimum absolute atomic E-state index is 0.106. The molecule has 0 spiro atoms. The van der Waals surface area contributed by atoms with E-state index in [1.807, 2.05) is 25.1 Å². The highest BCUT2D eigenvalue weighted by Crippen LogP contribution is 2.45. The molecule has 0 bridgehead atoms. The molecular formula is C30H39ClFN3O2. The van der Waals surface area contributed by atoms with Gasteiger partial charge >= 0.3 is 0 Å². The van der Waals surface area contributed by atoms with Crippen LogP contribution in [0.15, 0.2) is 36.4 Å². The quantitative estimate of drug-likeness (QED) is 0.334. The Labute approximate surface area is 224 Å². The van der Waals surface area contributed by atoms with E-state index in [2.05, 4.69) is 16.0 Å². The summed E-state index contributed by atoms with van der Waals surface area (Å²) in [7, 11) is 0. The number of rotatable bonds is 8. The highest BCUT2D eigenvalue weighted by atomic mass is 35.5. The standard InChI is InChI=1S/C30H39ClFN3O2/c1-20-18-22(31)12-15-27(20)37-17-16-30(34-25-14-13-23(32)19-26(25)35-30)28(21-8-4-2-5-9-21)29(36)33-24-10-6-3-7-11-24/h12-15,18-19,21,24,28,34-35H,2-11,16-17H2,1H3,(H,33,36)/t28-,30?/m1/s1. The first-order valence-electron chi connectivity index (χ1n) is 14.0. The summed E-state index contributed by atoms with van der Waals surface area (Å²) < 4.78 is 20.4. The highest BCUT2D eigenvalue weighted by Gasteiger charge is 2.50. The Morgan fingerprint density at radius 1 is 1.03 bits per heavy atom. The summed E-state index contributed by atoms with van der Waals surface area (Å²) in [6, 6.07) is 10.6. The molecule has 200 valence electrons. The summed E-state index contributed by atoms with van der Waals surface area (Å²) in [6.07, 6.45) is 11.7. The van der Waals surface area contributed by atoms with E-state index in [-0.39, 0.29) is 29.6 Å². The molecule has 1 aliphatic heterocycles. The van der Waals surface area contributed by atoms with Crippen molar-refractivity contribution in [3.05, 3.63) is 52.8 Å². The van der Waals surface area contributed by atoms with Crippen molar-refractivity contribution in [3.63, 3.8) is 0 Å². The Hall–Kier alpha value is -2.47. The molecular weight excluding hydrogens is 489 g/mol. The number of carbonyl (C=O) groups is 1. The lowest BCUT2D eigenvalue weighted by Crippen LogP contribution is -2.59. The number of amides is 1. The molecule has 2 aliphatic carbocycles. The van der Waals surface area contributed by atoms with Crippen LogP contribution in [0.3, 0.4) is 0 Å². The van der Waals surface area contributed by atoms with E-state index in [1.165, 1.54) is 37.8 Å². The monoisotopic (exact) mass is 527 g/mol. The Bertz CT molecular complexity index is 1100. The second-order valence-electron chi connectivity index (χ2n) is 11.1. The van der Waals surface area contributed by atoms with Crippen LogP contribution in [0.5, 0.6) is 5.75 Å². The van der Waals surface area contributed by atoms with Gasteiger partial charge in [-0.1, -0.05) is 50.1 Å². The lowest BCUT2D eigenvalue weighted by molar-refractivity contribution is -0.130. The van der Waals surface area contributed by atoms with Crippen molar-refractivity contribution in [2.45, 2.75) is 89.3 Å². The van der Waals surface area contributed by atoms with Gasteiger partial charge in [-0.05, 0) is 80.5 Å². The molecule has 7 heteroatoms. The Kier molecular flexibility index (Phi) is 8.13. The first-order chi connectivity index (χ1) is 17.9. The van der Waals surface area contributed by atoms with Gasteiger partial charge in [0.2, 0.25) is 5.91 Å². The van der Waals surface area contributed by atoms with Gasteiger partial charge in [-0.3, -0.25) is 4.79 Å². The van der Waals surface area contributed by atoms with Crippen LogP contribution in [0.2, 0.25) is 5.02 Å². The van der Waals surface area contributed by atoms with Crippen molar-refractivity contribution < 1.29 is 13.9 Å². The van der Waals surface area contributed by atoms with E-state index in [0.29, 0.717) is 23.7 Å². The Morgan fingerprint density at radius 2 is 1.73 bits per heavy atom. The molecule has 0 aromatic heterocycles. The molecule has 1 heterocycles. The molecule has 3 N–H and O–H groups in total. The molecule has 5 rings (SSSR count). The first-order valence-corrected chi connectivity index (χ1v) is 14.4. The normalized spacial score (nSPS) is 23.0. The minimum atomic E-state index is -0.767. The molecule has 1 amide bonds. The van der Waals surface area contributed by atoms with Crippen LogP contribution < -0.4 is 20.7 Å². The van der Waals surface area contributed by atoms with Crippen LogP contribution in [-0.4, -0.2) is 24.2 Å². The zero-order chi connectivity index (χ0) is 25.8. The number of benzene rings is 2. The topological polar surface area (TPSA) is 62.4 Å². The third kappa shape index (κ3) is 6.00. The molecule has 2 saturated carbocycles. The molecule has 2 fully saturated rings. The van der Waals surface area contributed by atoms with E-state index in [0.717, 1.165) is 55.5 Å². The maximum absolute atomic E-state index is 14.2. The lowest BCUT2D eigenvalue weighted by Gasteiger charge is -2.43. The maximum Gasteiger partial charge on any atom is 0.227 e. The van der Waals surface area contributed by atoms with Gasteiger partial charge in [0, 0.05) is 17.5 Å². The molecule has 3 aliphatic rings. The summed E-state index contributed by atoms with van der Waals surface area (Å²) >= 11 is 6.13. The SMILES string of the molecule is Cc1cc(Cl)ccc1OCCC1([C@@H](C(=O)NC2CCCCC2)C2CCCCC2)Nc2ccc(F)cc2N1. The molecule has 0 radical (unpaired) electrons. The summed E-state index contributed by atoms with van der Waals surface area (Å²) in [6.45, 7) is 2.38. The number of hydrogen-bond acceptors (Lipinski definition) is 4. The summed E-state index contributed by atoms with van der Waals surface area (Å²) in [4.78, 5) is 14.1. The van der Waals surface area contributed by atoms with Gasteiger partial charge in [0.1, 0.15) is 17.2 Å². The summed E-state index contributed by atoms with van der Waals surface area (Å²) in [5.41, 5.74) is 1.74. The molecule has 5 nitrogen and oxygen atoms in total. The van der Waals surface area contributed by atoms with Crippen LogP contribution >= 0.6 is 11.6 Å². The van der Waals surface area contributed by atoms with Gasteiger partial charge in [-0.2, -0.15) is 0 Å². The van der Waals surface area contributed by atoms with Crippen molar-refractivity contribution >= 4 is 28.9 Å². The zero-order valence-corrected chi connectivity index (χ0v) is 22.5. The number of ether oxygens (including phenoxy) is 1. The number of anilines is 2. The van der Waals surface area contributed by atoms with Crippen LogP contribution in [0.4, 0.5) is 15.8 Å². The zero-order valence-electron chi connectivity index (χ0n) is 21.8. The predicted molar refractivity (Wildman–Crippen MR) is 148 cm³/mol. The van der Waals surface area contributed by atoms with Crippen molar-refractivity contribution in [1.29, 1.82) is 0 Å². The first kappa shape index (κ1) is 26.1. The van der Waals surface area contributed by atoms with Crippen LogP contribution in [0.1, 0.15) is 76.2 Å². The van der Waals surface area contributed by atoms with Crippen molar-refractivity contribution in [3.8, 4) is 5.75 Å². The van der Waals surface area contributed by atoms with Crippen molar-refractivity contribution in [2.75, 3.05) is 17.2 Å². The van der Waals surface area contributed by atoms with Gasteiger partial charge in [0.05, 0.1) is 23.9 Å². The van der Waals surface area contributed by atoms with Crippen LogP contribution in [0.25, 0.3) is 0 Å². The van der Waals surface area contributed by atoms with Gasteiger partial charge in [-0.25, -0.2) is 4.39 Å². The fourth-order valence-corrected chi connectivity index (χ4v) is 6.85. The van der Waals surface area contributed by atoms with Gasteiger partial charge in [-0.15, -0.1) is 0 Å². The molecule has 1 unspecified atom stereocenters. The summed E-state index contributed by atoms with van der Waals surface area (Å²) in [5, 5.41) is 11.4. The number of hydrogen-bond donors (Lipinski definition) is 3. The minimum Gasteiger partial charge on any atom is -0.493 e. The van der Waals surface area contributed by atoms with E-state index in [1.54, 1.807) is 6.07 Å². The van der Waals surface area contributed by atoms with E-state index in [4.69, 9.17) is 16.3 Å². The average molecular weight is 528 g/mol. The average Bonchev–Trinajstić information content (AvgIpc) is 3.24. The van der Waals surface area contributed by atoms with Crippen molar-refractivity contribution in [1.82, 2.24) is 5.32 Å². The smallest absolute Gasteiger partial charge is 0.227 e. The molecule has 2 aromatic rings. The number of carbonyl (C=O) groups excluding carboxylic acids is 1. The molecule has 0 saturated heterocycles. The third-order valence-electron chi connectivity index (χ3n) is 8.47. The second kappa shape index (κ2) is 11.5. The van der Waals surface area contributed by atoms with Crippen molar-refractivity contribution in [2.24, 2.45) is 11.8 Å².